The Morgan fingerprint density at radius 1 is 0.364 bits per heavy atom. The molecule has 1 nitrogen and oxygen atoms in total. The van der Waals surface area contributed by atoms with Gasteiger partial charge in [0.25, 0.3) is 0 Å². The standard InChI is InChI=1S/C42H27NS/c1-3-12-28(13-4-1)29-22-24-39-37(26-29)33-16-7-8-17-34(33)38-27-30(23-25-40(38)43(39)31-14-5-2-6-15-31)32-19-11-20-36-35-18-9-10-21-41(35)44-42(32)36/h1-27H. The number of anilines is 3. The second-order valence-electron chi connectivity index (χ2n) is 11.3. The summed E-state index contributed by atoms with van der Waals surface area (Å²) in [5.41, 5.74) is 13.4. The van der Waals surface area contributed by atoms with Gasteiger partial charge in [-0.15, -0.1) is 11.3 Å². The van der Waals surface area contributed by atoms with Crippen LogP contribution in [0.15, 0.2) is 164 Å². The summed E-state index contributed by atoms with van der Waals surface area (Å²) in [5, 5.41) is 2.65. The van der Waals surface area contributed by atoms with Gasteiger partial charge in [-0.05, 0) is 75.8 Å². The lowest BCUT2D eigenvalue weighted by Gasteiger charge is -2.28. The minimum absolute atomic E-state index is 1.15. The maximum Gasteiger partial charge on any atom is 0.0540 e. The first-order valence-electron chi connectivity index (χ1n) is 15.0. The summed E-state index contributed by atoms with van der Waals surface area (Å²) in [6, 6.07) is 59.8. The fraction of sp³-hybridized carbons (Fsp3) is 0. The predicted octanol–water partition coefficient (Wildman–Crippen LogP) is 12.5. The molecular weight excluding hydrogens is 551 g/mol. The molecule has 0 atom stereocenters. The summed E-state index contributed by atoms with van der Waals surface area (Å²) in [4.78, 5) is 2.43. The molecule has 8 aromatic rings. The molecule has 0 amide bonds. The highest BCUT2D eigenvalue weighted by molar-refractivity contribution is 7.26. The van der Waals surface area contributed by atoms with E-state index in [9.17, 15) is 0 Å². The third kappa shape index (κ3) is 3.92. The van der Waals surface area contributed by atoms with E-state index in [4.69, 9.17) is 0 Å². The molecule has 0 N–H and O–H groups in total. The summed E-state index contributed by atoms with van der Waals surface area (Å²) in [7, 11) is 0. The van der Waals surface area contributed by atoms with E-state index in [1.165, 1.54) is 76.1 Å². The number of hydrogen-bond acceptors (Lipinski definition) is 2. The highest BCUT2D eigenvalue weighted by Crippen LogP contribution is 2.52. The van der Waals surface area contributed by atoms with Gasteiger partial charge >= 0.3 is 0 Å². The normalized spacial score (nSPS) is 12.0. The van der Waals surface area contributed by atoms with Crippen molar-refractivity contribution in [1.82, 2.24) is 0 Å². The number of benzene rings is 7. The van der Waals surface area contributed by atoms with Gasteiger partial charge in [0.15, 0.2) is 0 Å². The number of thiophene rings is 1. The predicted molar refractivity (Wildman–Crippen MR) is 189 cm³/mol. The summed E-state index contributed by atoms with van der Waals surface area (Å²) in [6.07, 6.45) is 0. The number of para-hydroxylation sites is 1. The lowest BCUT2D eigenvalue weighted by molar-refractivity contribution is 1.29. The summed E-state index contributed by atoms with van der Waals surface area (Å²) >= 11 is 1.89. The van der Waals surface area contributed by atoms with Crippen molar-refractivity contribution >= 4 is 48.6 Å². The third-order valence-corrected chi connectivity index (χ3v) is 10.0. The van der Waals surface area contributed by atoms with Crippen molar-refractivity contribution in [3.05, 3.63) is 164 Å². The van der Waals surface area contributed by atoms with Crippen LogP contribution in [0, 0.1) is 0 Å². The molecule has 1 aliphatic rings. The number of hydrogen-bond donors (Lipinski definition) is 0. The van der Waals surface area contributed by atoms with Crippen molar-refractivity contribution < 1.29 is 0 Å². The van der Waals surface area contributed by atoms with E-state index in [1.807, 2.05) is 11.3 Å². The van der Waals surface area contributed by atoms with Crippen molar-refractivity contribution in [3.63, 3.8) is 0 Å². The van der Waals surface area contributed by atoms with Gasteiger partial charge in [0, 0.05) is 37.0 Å². The minimum Gasteiger partial charge on any atom is -0.309 e. The topological polar surface area (TPSA) is 3.24 Å². The number of nitrogens with zero attached hydrogens (tertiary/aromatic N) is 1. The van der Waals surface area contributed by atoms with Crippen molar-refractivity contribution in [3.8, 4) is 44.5 Å². The van der Waals surface area contributed by atoms with Gasteiger partial charge in [0.05, 0.1) is 11.4 Å². The quantitative estimate of drug-likeness (QED) is 0.202. The zero-order valence-corrected chi connectivity index (χ0v) is 24.8. The fourth-order valence-electron chi connectivity index (χ4n) is 6.78. The van der Waals surface area contributed by atoms with E-state index in [2.05, 4.69) is 169 Å². The molecule has 0 unspecified atom stereocenters. The Hall–Kier alpha value is -5.44. The zero-order valence-electron chi connectivity index (χ0n) is 23.9. The largest absolute Gasteiger partial charge is 0.309 e. The van der Waals surface area contributed by atoms with Crippen LogP contribution in [0.3, 0.4) is 0 Å². The zero-order chi connectivity index (χ0) is 29.0. The average molecular weight is 578 g/mol. The first-order chi connectivity index (χ1) is 21.8. The first-order valence-corrected chi connectivity index (χ1v) is 15.8. The molecule has 44 heavy (non-hydrogen) atoms. The van der Waals surface area contributed by atoms with Crippen LogP contribution in [0.2, 0.25) is 0 Å². The molecule has 1 aromatic heterocycles. The third-order valence-electron chi connectivity index (χ3n) is 8.82. The molecule has 0 fully saturated rings. The molecule has 1 aliphatic heterocycles. The van der Waals surface area contributed by atoms with Gasteiger partial charge in [0.2, 0.25) is 0 Å². The Kier molecular flexibility index (Phi) is 5.75. The van der Waals surface area contributed by atoms with Crippen LogP contribution >= 0.6 is 11.3 Å². The monoisotopic (exact) mass is 577 g/mol. The molecular formula is C42H27NS. The molecule has 206 valence electrons. The summed E-state index contributed by atoms with van der Waals surface area (Å²) in [6.45, 7) is 0. The Morgan fingerprint density at radius 3 is 1.68 bits per heavy atom. The van der Waals surface area contributed by atoms with Crippen molar-refractivity contribution in [2.75, 3.05) is 4.90 Å². The lowest BCUT2D eigenvalue weighted by atomic mass is 9.91. The fourth-order valence-corrected chi connectivity index (χ4v) is 8.02. The Morgan fingerprint density at radius 2 is 0.932 bits per heavy atom. The van der Waals surface area contributed by atoms with Crippen molar-refractivity contribution in [2.24, 2.45) is 0 Å². The SMILES string of the molecule is c1ccc(-c2ccc3c(c2)-c2ccccc2-c2cc(-c4cccc5c4sc4ccccc45)ccc2N3c2ccccc2)cc1. The highest BCUT2D eigenvalue weighted by atomic mass is 32.1. The highest BCUT2D eigenvalue weighted by Gasteiger charge is 2.27. The average Bonchev–Trinajstić information content (AvgIpc) is 3.43. The van der Waals surface area contributed by atoms with Crippen LogP contribution in [0.5, 0.6) is 0 Å². The Bertz CT molecular complexity index is 2330. The second kappa shape index (κ2) is 10.1. The summed E-state index contributed by atoms with van der Waals surface area (Å²) in [5.74, 6) is 0. The Balaban J connectivity index is 1.32. The molecule has 0 saturated carbocycles. The van der Waals surface area contributed by atoms with Crippen molar-refractivity contribution in [2.45, 2.75) is 0 Å². The van der Waals surface area contributed by atoms with Crippen molar-refractivity contribution in [1.29, 1.82) is 0 Å². The molecule has 9 rings (SSSR count). The van der Waals surface area contributed by atoms with Crippen LogP contribution < -0.4 is 4.90 Å². The van der Waals surface area contributed by atoms with E-state index >= 15 is 0 Å². The lowest BCUT2D eigenvalue weighted by Crippen LogP contribution is -2.11. The van der Waals surface area contributed by atoms with E-state index in [0.717, 1.165) is 5.69 Å². The smallest absolute Gasteiger partial charge is 0.0540 e. The van der Waals surface area contributed by atoms with E-state index < -0.39 is 0 Å². The van der Waals surface area contributed by atoms with E-state index in [0.29, 0.717) is 0 Å². The molecule has 2 heteroatoms. The van der Waals surface area contributed by atoms with Gasteiger partial charge in [0.1, 0.15) is 0 Å². The molecule has 0 saturated heterocycles. The maximum absolute atomic E-state index is 2.43. The van der Waals surface area contributed by atoms with Crippen LogP contribution in [0.25, 0.3) is 64.7 Å². The van der Waals surface area contributed by atoms with Gasteiger partial charge in [-0.3, -0.25) is 0 Å². The molecule has 0 spiro atoms. The van der Waals surface area contributed by atoms with Crippen LogP contribution in [-0.4, -0.2) is 0 Å². The summed E-state index contributed by atoms with van der Waals surface area (Å²) < 4.78 is 2.67. The van der Waals surface area contributed by atoms with Gasteiger partial charge in [-0.1, -0.05) is 121 Å². The molecule has 0 radical (unpaired) electrons. The van der Waals surface area contributed by atoms with Crippen LogP contribution in [0.1, 0.15) is 0 Å². The molecule has 2 heterocycles. The Labute approximate surface area is 260 Å². The van der Waals surface area contributed by atoms with Crippen LogP contribution in [-0.2, 0) is 0 Å². The molecule has 7 aromatic carbocycles. The van der Waals surface area contributed by atoms with Gasteiger partial charge in [-0.2, -0.15) is 0 Å². The first kappa shape index (κ1) is 25.1. The second-order valence-corrected chi connectivity index (χ2v) is 12.4. The van der Waals surface area contributed by atoms with Gasteiger partial charge in [-0.25, -0.2) is 0 Å². The molecule has 0 aliphatic carbocycles. The number of rotatable bonds is 3. The van der Waals surface area contributed by atoms with E-state index in [1.54, 1.807) is 0 Å². The number of fused-ring (bicyclic) bond motifs is 8. The van der Waals surface area contributed by atoms with Gasteiger partial charge < -0.3 is 4.90 Å². The maximum atomic E-state index is 2.43. The van der Waals surface area contributed by atoms with Crippen LogP contribution in [0.4, 0.5) is 17.1 Å². The minimum atomic E-state index is 1.15. The van der Waals surface area contributed by atoms with E-state index in [-0.39, 0.29) is 0 Å². The molecule has 0 bridgehead atoms.